The molecule has 0 fully saturated rings. The van der Waals surface area contributed by atoms with Gasteiger partial charge in [0.15, 0.2) is 5.96 Å². The summed E-state index contributed by atoms with van der Waals surface area (Å²) in [5, 5.41) is 6.16. The second-order valence-corrected chi connectivity index (χ2v) is 5.54. The van der Waals surface area contributed by atoms with Gasteiger partial charge in [-0.2, -0.15) is 0 Å². The summed E-state index contributed by atoms with van der Waals surface area (Å²) in [6.45, 7) is 6.56. The molecule has 17 heavy (non-hydrogen) atoms. The van der Waals surface area contributed by atoms with Crippen molar-refractivity contribution in [1.82, 2.24) is 15.4 Å². The van der Waals surface area contributed by atoms with Crippen molar-refractivity contribution in [2.45, 2.75) is 26.7 Å². The van der Waals surface area contributed by atoms with Crippen LogP contribution < -0.4 is 15.4 Å². The summed E-state index contributed by atoms with van der Waals surface area (Å²) in [6, 6.07) is 0. The van der Waals surface area contributed by atoms with Crippen LogP contribution in [0.5, 0.6) is 0 Å². The van der Waals surface area contributed by atoms with E-state index in [-0.39, 0.29) is 0 Å². The van der Waals surface area contributed by atoms with E-state index in [1.807, 2.05) is 6.92 Å². The monoisotopic (exact) mass is 264 g/mol. The highest BCUT2D eigenvalue weighted by atomic mass is 32.2. The van der Waals surface area contributed by atoms with Crippen LogP contribution in [0.15, 0.2) is 4.99 Å². The average molecular weight is 264 g/mol. The van der Waals surface area contributed by atoms with Crippen molar-refractivity contribution >= 4 is 16.0 Å². The molecule has 102 valence electrons. The molecule has 0 aromatic heterocycles. The molecular formula is C10H24N4O2S. The van der Waals surface area contributed by atoms with Gasteiger partial charge in [-0.1, -0.05) is 13.3 Å². The Morgan fingerprint density at radius 1 is 1.18 bits per heavy atom. The summed E-state index contributed by atoms with van der Waals surface area (Å²) in [6.07, 6.45) is 3.31. The van der Waals surface area contributed by atoms with Crippen molar-refractivity contribution in [3.8, 4) is 0 Å². The van der Waals surface area contributed by atoms with Gasteiger partial charge in [0.05, 0.1) is 6.26 Å². The Morgan fingerprint density at radius 2 is 1.88 bits per heavy atom. The molecular weight excluding hydrogens is 240 g/mol. The van der Waals surface area contributed by atoms with E-state index < -0.39 is 10.0 Å². The first kappa shape index (κ1) is 16.2. The van der Waals surface area contributed by atoms with Crippen molar-refractivity contribution < 1.29 is 8.42 Å². The summed E-state index contributed by atoms with van der Waals surface area (Å²) in [4.78, 5) is 4.35. The highest BCUT2D eigenvalue weighted by Gasteiger charge is 2.00. The SMILES string of the molecule is CCCCN=C(NCC)NCCNS(C)(=O)=O. The van der Waals surface area contributed by atoms with E-state index in [9.17, 15) is 8.42 Å². The van der Waals surface area contributed by atoms with Gasteiger partial charge in [0.2, 0.25) is 10.0 Å². The second-order valence-electron chi connectivity index (χ2n) is 3.71. The maximum Gasteiger partial charge on any atom is 0.208 e. The van der Waals surface area contributed by atoms with Crippen LogP contribution in [-0.4, -0.2) is 46.8 Å². The first-order chi connectivity index (χ1) is 7.99. The Hall–Kier alpha value is -0.820. The van der Waals surface area contributed by atoms with Gasteiger partial charge >= 0.3 is 0 Å². The highest BCUT2D eigenvalue weighted by Crippen LogP contribution is 1.86. The molecule has 0 unspecified atom stereocenters. The zero-order valence-electron chi connectivity index (χ0n) is 10.9. The van der Waals surface area contributed by atoms with Crippen molar-refractivity contribution in [3.05, 3.63) is 0 Å². The Bertz CT molecular complexity index is 314. The van der Waals surface area contributed by atoms with E-state index >= 15 is 0 Å². The summed E-state index contributed by atoms with van der Waals surface area (Å²) >= 11 is 0. The van der Waals surface area contributed by atoms with E-state index in [1.165, 1.54) is 0 Å². The van der Waals surface area contributed by atoms with Gasteiger partial charge in [0.1, 0.15) is 0 Å². The van der Waals surface area contributed by atoms with Gasteiger partial charge in [-0.05, 0) is 13.3 Å². The molecule has 0 aliphatic heterocycles. The van der Waals surface area contributed by atoms with Crippen LogP contribution in [0.3, 0.4) is 0 Å². The molecule has 0 atom stereocenters. The average Bonchev–Trinajstić information content (AvgIpc) is 2.23. The minimum atomic E-state index is -3.11. The fourth-order valence-corrected chi connectivity index (χ4v) is 1.58. The minimum Gasteiger partial charge on any atom is -0.357 e. The van der Waals surface area contributed by atoms with Crippen LogP contribution in [0.25, 0.3) is 0 Å². The number of nitrogens with one attached hydrogen (secondary N) is 3. The molecule has 0 heterocycles. The summed E-state index contributed by atoms with van der Waals surface area (Å²) in [5.41, 5.74) is 0. The summed E-state index contributed by atoms with van der Waals surface area (Å²) < 4.78 is 24.1. The van der Waals surface area contributed by atoms with E-state index in [1.54, 1.807) is 0 Å². The lowest BCUT2D eigenvalue weighted by Gasteiger charge is -2.11. The molecule has 0 bridgehead atoms. The third-order valence-electron chi connectivity index (χ3n) is 1.91. The van der Waals surface area contributed by atoms with Crippen LogP contribution in [0, 0.1) is 0 Å². The molecule has 0 aliphatic carbocycles. The number of rotatable bonds is 8. The van der Waals surface area contributed by atoms with Gasteiger partial charge in [-0.25, -0.2) is 13.1 Å². The third kappa shape index (κ3) is 11.4. The predicted octanol–water partition coefficient (Wildman–Crippen LogP) is -0.109. The number of unbranched alkanes of at least 4 members (excludes halogenated alkanes) is 1. The molecule has 0 spiro atoms. The largest absolute Gasteiger partial charge is 0.357 e. The van der Waals surface area contributed by atoms with Gasteiger partial charge in [0.25, 0.3) is 0 Å². The topological polar surface area (TPSA) is 82.6 Å². The van der Waals surface area contributed by atoms with Crippen LogP contribution >= 0.6 is 0 Å². The minimum absolute atomic E-state index is 0.358. The number of sulfonamides is 1. The molecule has 7 heteroatoms. The Balaban J connectivity index is 3.88. The van der Waals surface area contributed by atoms with Crippen LogP contribution in [0.2, 0.25) is 0 Å². The Morgan fingerprint density at radius 3 is 2.41 bits per heavy atom. The van der Waals surface area contributed by atoms with E-state index in [0.29, 0.717) is 13.1 Å². The number of hydrogen-bond donors (Lipinski definition) is 3. The van der Waals surface area contributed by atoms with Crippen molar-refractivity contribution in [2.24, 2.45) is 4.99 Å². The van der Waals surface area contributed by atoms with Crippen molar-refractivity contribution in [2.75, 3.05) is 32.4 Å². The Kier molecular flexibility index (Phi) is 8.79. The predicted molar refractivity (Wildman–Crippen MR) is 71.7 cm³/mol. The lowest BCUT2D eigenvalue weighted by atomic mass is 10.3. The van der Waals surface area contributed by atoms with Crippen LogP contribution in [0.4, 0.5) is 0 Å². The first-order valence-corrected chi connectivity index (χ1v) is 7.85. The zero-order chi connectivity index (χ0) is 13.1. The normalized spacial score (nSPS) is 12.5. The number of guanidine groups is 1. The lowest BCUT2D eigenvalue weighted by molar-refractivity contribution is 0.586. The third-order valence-corrected chi connectivity index (χ3v) is 2.64. The summed E-state index contributed by atoms with van der Waals surface area (Å²) in [7, 11) is -3.11. The molecule has 0 aromatic carbocycles. The number of aliphatic imine (C=N–C) groups is 1. The number of hydrogen-bond acceptors (Lipinski definition) is 3. The smallest absolute Gasteiger partial charge is 0.208 e. The second kappa shape index (κ2) is 9.23. The molecule has 0 radical (unpaired) electrons. The quantitative estimate of drug-likeness (QED) is 0.324. The molecule has 0 saturated heterocycles. The molecule has 0 aliphatic rings. The van der Waals surface area contributed by atoms with Gasteiger partial charge in [-0.3, -0.25) is 4.99 Å². The molecule has 6 nitrogen and oxygen atoms in total. The van der Waals surface area contributed by atoms with E-state index in [0.717, 1.165) is 38.1 Å². The highest BCUT2D eigenvalue weighted by molar-refractivity contribution is 7.88. The zero-order valence-corrected chi connectivity index (χ0v) is 11.7. The lowest BCUT2D eigenvalue weighted by Crippen LogP contribution is -2.41. The standard InChI is InChI=1S/C10H24N4O2S/c1-4-6-7-12-10(11-5-2)13-8-9-14-17(3,15)16/h14H,4-9H2,1-3H3,(H2,11,12,13). The van der Waals surface area contributed by atoms with Crippen molar-refractivity contribution in [1.29, 1.82) is 0 Å². The molecule has 0 aromatic rings. The first-order valence-electron chi connectivity index (χ1n) is 5.96. The van der Waals surface area contributed by atoms with E-state index in [2.05, 4.69) is 27.3 Å². The van der Waals surface area contributed by atoms with Crippen LogP contribution in [0.1, 0.15) is 26.7 Å². The Labute approximate surface area is 104 Å². The van der Waals surface area contributed by atoms with E-state index in [4.69, 9.17) is 0 Å². The van der Waals surface area contributed by atoms with Gasteiger partial charge < -0.3 is 10.6 Å². The molecule has 0 rings (SSSR count). The van der Waals surface area contributed by atoms with Crippen molar-refractivity contribution in [3.63, 3.8) is 0 Å². The molecule has 0 saturated carbocycles. The fraction of sp³-hybridized carbons (Fsp3) is 0.900. The maximum atomic E-state index is 10.8. The number of nitrogens with zero attached hydrogens (tertiary/aromatic N) is 1. The van der Waals surface area contributed by atoms with Gasteiger partial charge in [0, 0.05) is 26.2 Å². The fourth-order valence-electron chi connectivity index (χ4n) is 1.11. The maximum absolute atomic E-state index is 10.8. The molecule has 0 amide bonds. The summed E-state index contributed by atoms with van der Waals surface area (Å²) in [5.74, 6) is 0.733. The van der Waals surface area contributed by atoms with Gasteiger partial charge in [-0.15, -0.1) is 0 Å². The molecule has 3 N–H and O–H groups in total. The van der Waals surface area contributed by atoms with Crippen LogP contribution in [-0.2, 0) is 10.0 Å².